The molecule has 0 aromatic heterocycles. The number of amides is 4. The van der Waals surface area contributed by atoms with Gasteiger partial charge >= 0.3 is 6.03 Å². The van der Waals surface area contributed by atoms with Crippen LogP contribution in [-0.2, 0) is 21.5 Å². The molecular formula is C21H19FN4O5. The van der Waals surface area contributed by atoms with Gasteiger partial charge in [-0.2, -0.15) is 0 Å². The summed E-state index contributed by atoms with van der Waals surface area (Å²) in [5, 5.41) is 13.6. The monoisotopic (exact) mass is 426 g/mol. The summed E-state index contributed by atoms with van der Waals surface area (Å²) in [7, 11) is 0. The van der Waals surface area contributed by atoms with E-state index in [0.717, 1.165) is 4.90 Å². The van der Waals surface area contributed by atoms with Crippen LogP contribution in [0.3, 0.4) is 0 Å². The molecule has 31 heavy (non-hydrogen) atoms. The van der Waals surface area contributed by atoms with Gasteiger partial charge in [-0.3, -0.25) is 24.6 Å². The van der Waals surface area contributed by atoms with Gasteiger partial charge in [0.2, 0.25) is 5.91 Å². The molecule has 9 nitrogen and oxygen atoms in total. The summed E-state index contributed by atoms with van der Waals surface area (Å²) in [4.78, 5) is 51.3. The Bertz CT molecular complexity index is 1100. The highest BCUT2D eigenvalue weighted by Gasteiger charge is 2.49. The van der Waals surface area contributed by atoms with Crippen molar-refractivity contribution < 1.29 is 23.7 Å². The first-order valence-corrected chi connectivity index (χ1v) is 9.68. The molecule has 160 valence electrons. The van der Waals surface area contributed by atoms with Gasteiger partial charge < -0.3 is 10.2 Å². The number of nitro benzene ring substituents is 1. The number of hydrogen-bond donors (Lipinski definition) is 1. The van der Waals surface area contributed by atoms with Gasteiger partial charge in [-0.1, -0.05) is 12.1 Å². The second-order valence-electron chi connectivity index (χ2n) is 7.67. The molecule has 0 saturated carbocycles. The molecule has 2 aliphatic rings. The number of anilines is 1. The van der Waals surface area contributed by atoms with Crippen LogP contribution in [0.15, 0.2) is 42.5 Å². The number of carbonyl (C=O) groups is 3. The van der Waals surface area contributed by atoms with E-state index in [0.29, 0.717) is 36.2 Å². The van der Waals surface area contributed by atoms with E-state index in [1.54, 1.807) is 0 Å². The number of fused-ring (bicyclic) bond motifs is 1. The molecule has 2 aromatic carbocycles. The molecule has 2 heterocycles. The van der Waals surface area contributed by atoms with E-state index in [2.05, 4.69) is 5.32 Å². The van der Waals surface area contributed by atoms with E-state index < -0.39 is 40.7 Å². The minimum atomic E-state index is -1.41. The van der Waals surface area contributed by atoms with Crippen LogP contribution in [0.4, 0.5) is 20.6 Å². The van der Waals surface area contributed by atoms with Crippen molar-refractivity contribution in [2.45, 2.75) is 25.3 Å². The standard InChI is InChI=1S/C21H19FN4O5/c1-21(14-4-6-15(22)7-5-14)19(28)25(20(29)23-21)12-18(27)24-10-2-3-13-11-16(26(30)31)8-9-17(13)24/h4-9,11H,2-3,10,12H2,1H3,(H,23,29). The number of halogens is 1. The van der Waals surface area contributed by atoms with Gasteiger partial charge in [0.15, 0.2) is 0 Å². The van der Waals surface area contributed by atoms with Crippen LogP contribution in [0, 0.1) is 15.9 Å². The van der Waals surface area contributed by atoms with Crippen molar-refractivity contribution in [3.8, 4) is 0 Å². The zero-order valence-corrected chi connectivity index (χ0v) is 16.6. The fourth-order valence-corrected chi connectivity index (χ4v) is 4.00. The molecule has 2 aromatic rings. The maximum absolute atomic E-state index is 13.2. The van der Waals surface area contributed by atoms with Crippen LogP contribution in [0.5, 0.6) is 0 Å². The molecular weight excluding hydrogens is 407 g/mol. The van der Waals surface area contributed by atoms with Gasteiger partial charge in [0.1, 0.15) is 17.9 Å². The van der Waals surface area contributed by atoms with Gasteiger partial charge in [-0.05, 0) is 49.1 Å². The largest absolute Gasteiger partial charge is 0.325 e. The predicted molar refractivity (Wildman–Crippen MR) is 108 cm³/mol. The molecule has 10 heteroatoms. The Hall–Kier alpha value is -3.82. The smallest absolute Gasteiger partial charge is 0.319 e. The first kappa shape index (κ1) is 20.5. The Morgan fingerprint density at radius 3 is 2.61 bits per heavy atom. The molecule has 1 atom stereocenters. The van der Waals surface area contributed by atoms with Crippen LogP contribution < -0.4 is 10.2 Å². The highest BCUT2D eigenvalue weighted by Crippen LogP contribution is 2.32. The second kappa shape index (κ2) is 7.46. The van der Waals surface area contributed by atoms with Crippen molar-refractivity contribution in [2.24, 2.45) is 0 Å². The molecule has 1 saturated heterocycles. The lowest BCUT2D eigenvalue weighted by Gasteiger charge is -2.30. The Morgan fingerprint density at radius 2 is 1.94 bits per heavy atom. The molecule has 0 radical (unpaired) electrons. The third-order valence-electron chi connectivity index (χ3n) is 5.68. The van der Waals surface area contributed by atoms with Crippen LogP contribution in [0.25, 0.3) is 0 Å². The summed E-state index contributed by atoms with van der Waals surface area (Å²) in [6, 6.07) is 8.76. The van der Waals surface area contributed by atoms with Gasteiger partial charge in [-0.15, -0.1) is 0 Å². The lowest BCUT2D eigenvalue weighted by atomic mass is 9.92. The zero-order valence-electron chi connectivity index (χ0n) is 16.6. The molecule has 1 N–H and O–H groups in total. The number of hydrogen-bond acceptors (Lipinski definition) is 5. The Kier molecular flexibility index (Phi) is 4.92. The second-order valence-corrected chi connectivity index (χ2v) is 7.67. The molecule has 0 spiro atoms. The normalized spacial score (nSPS) is 20.5. The lowest BCUT2D eigenvalue weighted by molar-refractivity contribution is -0.384. The molecule has 4 rings (SSSR count). The van der Waals surface area contributed by atoms with Crippen molar-refractivity contribution in [1.29, 1.82) is 0 Å². The maximum Gasteiger partial charge on any atom is 0.325 e. The van der Waals surface area contributed by atoms with E-state index in [-0.39, 0.29) is 5.69 Å². The van der Waals surface area contributed by atoms with E-state index in [9.17, 15) is 28.9 Å². The van der Waals surface area contributed by atoms with Crippen LogP contribution in [0.2, 0.25) is 0 Å². The maximum atomic E-state index is 13.2. The van der Waals surface area contributed by atoms with E-state index in [1.165, 1.54) is 54.3 Å². The summed E-state index contributed by atoms with van der Waals surface area (Å²) in [5.74, 6) is -1.56. The minimum absolute atomic E-state index is 0.0581. The average Bonchev–Trinajstić information content (AvgIpc) is 2.97. The molecule has 1 unspecified atom stereocenters. The van der Waals surface area contributed by atoms with Gasteiger partial charge in [0.05, 0.1) is 4.92 Å². The number of benzene rings is 2. The summed E-state index contributed by atoms with van der Waals surface area (Å²) < 4.78 is 13.2. The third kappa shape index (κ3) is 3.49. The summed E-state index contributed by atoms with van der Waals surface area (Å²) >= 11 is 0. The summed E-state index contributed by atoms with van der Waals surface area (Å²) in [6.45, 7) is 1.40. The van der Waals surface area contributed by atoms with Gasteiger partial charge in [-0.25, -0.2) is 9.18 Å². The number of nitrogens with zero attached hydrogens (tertiary/aromatic N) is 3. The number of non-ortho nitro benzene ring substituents is 1. The van der Waals surface area contributed by atoms with Crippen molar-refractivity contribution in [3.63, 3.8) is 0 Å². The number of nitro groups is 1. The number of rotatable bonds is 4. The van der Waals surface area contributed by atoms with Gasteiger partial charge in [0, 0.05) is 24.4 Å². The first-order valence-electron chi connectivity index (χ1n) is 9.68. The van der Waals surface area contributed by atoms with Crippen molar-refractivity contribution in [1.82, 2.24) is 10.2 Å². The van der Waals surface area contributed by atoms with Gasteiger partial charge in [0.25, 0.3) is 11.6 Å². The third-order valence-corrected chi connectivity index (χ3v) is 5.68. The fraction of sp³-hybridized carbons (Fsp3) is 0.286. The summed E-state index contributed by atoms with van der Waals surface area (Å²) in [5.41, 5.74) is 0.137. The molecule has 0 bridgehead atoms. The SMILES string of the molecule is CC1(c2ccc(F)cc2)NC(=O)N(CC(=O)N2CCCc3cc([N+](=O)[O-])ccc32)C1=O. The van der Waals surface area contributed by atoms with Crippen molar-refractivity contribution in [2.75, 3.05) is 18.0 Å². The van der Waals surface area contributed by atoms with E-state index >= 15 is 0 Å². The van der Waals surface area contributed by atoms with Crippen molar-refractivity contribution in [3.05, 3.63) is 69.5 Å². The molecule has 2 aliphatic heterocycles. The topological polar surface area (TPSA) is 113 Å². The number of carbonyl (C=O) groups excluding carboxylic acids is 3. The molecule has 1 fully saturated rings. The molecule has 0 aliphatic carbocycles. The number of urea groups is 1. The number of nitrogens with one attached hydrogen (secondary N) is 1. The lowest BCUT2D eigenvalue weighted by Crippen LogP contribution is -2.46. The predicted octanol–water partition coefficient (Wildman–Crippen LogP) is 2.48. The average molecular weight is 426 g/mol. The summed E-state index contributed by atoms with van der Waals surface area (Å²) in [6.07, 6.45) is 1.19. The fourth-order valence-electron chi connectivity index (χ4n) is 4.00. The highest BCUT2D eigenvalue weighted by atomic mass is 19.1. The highest BCUT2D eigenvalue weighted by molar-refractivity contribution is 6.10. The van der Waals surface area contributed by atoms with Crippen molar-refractivity contribution >= 4 is 29.2 Å². The van der Waals surface area contributed by atoms with Crippen LogP contribution in [0.1, 0.15) is 24.5 Å². The van der Waals surface area contributed by atoms with E-state index in [4.69, 9.17) is 0 Å². The molecule has 4 amide bonds. The Labute approximate surface area is 176 Å². The van der Waals surface area contributed by atoms with E-state index in [1.807, 2.05) is 0 Å². The van der Waals surface area contributed by atoms with Crippen LogP contribution >= 0.6 is 0 Å². The van der Waals surface area contributed by atoms with Crippen LogP contribution in [-0.4, -0.2) is 40.8 Å². The minimum Gasteiger partial charge on any atom is -0.319 e. The number of aryl methyl sites for hydroxylation is 1. The Balaban J connectivity index is 1.56. The first-order chi connectivity index (χ1) is 14.7. The number of imide groups is 1. The Morgan fingerprint density at radius 1 is 1.23 bits per heavy atom. The zero-order chi connectivity index (χ0) is 22.3. The quantitative estimate of drug-likeness (QED) is 0.459.